The van der Waals surface area contributed by atoms with Crippen LogP contribution in [0, 0.1) is 5.82 Å². The molecule has 1 atom stereocenters. The maximum atomic E-state index is 13.1. The van der Waals surface area contributed by atoms with Crippen molar-refractivity contribution < 1.29 is 22.3 Å². The Kier molecular flexibility index (Phi) is 6.26. The number of fused-ring (bicyclic) bond motifs is 1. The van der Waals surface area contributed by atoms with Crippen molar-refractivity contribution >= 4 is 11.5 Å². The summed E-state index contributed by atoms with van der Waals surface area (Å²) in [6.45, 7) is 3.34. The van der Waals surface area contributed by atoms with E-state index < -0.39 is 34.8 Å². The minimum Gasteiger partial charge on any atom is -0.378 e. The highest BCUT2D eigenvalue weighted by Gasteiger charge is 2.37. The molecule has 0 unspecified atom stereocenters. The van der Waals surface area contributed by atoms with E-state index in [0.717, 1.165) is 12.4 Å². The number of nitrogens with zero attached hydrogens (tertiary/aromatic N) is 6. The van der Waals surface area contributed by atoms with Crippen molar-refractivity contribution in [2.24, 2.45) is 0 Å². The largest absolute Gasteiger partial charge is 0.423 e. The Balaban J connectivity index is 1.32. The predicted octanol–water partition coefficient (Wildman–Crippen LogP) is 1.95. The van der Waals surface area contributed by atoms with E-state index in [9.17, 15) is 22.4 Å². The molecule has 0 aromatic carbocycles. The van der Waals surface area contributed by atoms with Gasteiger partial charge in [-0.25, -0.2) is 24.1 Å². The lowest BCUT2D eigenvalue weighted by atomic mass is 10.2. The quantitative estimate of drug-likeness (QED) is 0.506. The summed E-state index contributed by atoms with van der Waals surface area (Å²) >= 11 is 0. The fourth-order valence-corrected chi connectivity index (χ4v) is 3.42. The van der Waals surface area contributed by atoms with Gasteiger partial charge in [0.05, 0.1) is 37.8 Å². The van der Waals surface area contributed by atoms with Crippen molar-refractivity contribution in [1.82, 2.24) is 29.9 Å². The molecular weight excluding hydrogens is 448 g/mol. The molecule has 0 spiro atoms. The molecule has 176 valence electrons. The Morgan fingerprint density at radius 1 is 1.27 bits per heavy atom. The van der Waals surface area contributed by atoms with Crippen LogP contribution >= 0.6 is 0 Å². The summed E-state index contributed by atoms with van der Waals surface area (Å²) in [6.07, 6.45) is -2.76. The van der Waals surface area contributed by atoms with Crippen molar-refractivity contribution in [3.05, 3.63) is 57.9 Å². The van der Waals surface area contributed by atoms with Crippen LogP contribution < -0.4 is 15.8 Å². The van der Waals surface area contributed by atoms with E-state index in [-0.39, 0.29) is 13.2 Å². The van der Waals surface area contributed by atoms with Gasteiger partial charge in [0.15, 0.2) is 5.82 Å². The van der Waals surface area contributed by atoms with Crippen LogP contribution in [0.1, 0.15) is 24.1 Å². The van der Waals surface area contributed by atoms with Crippen LogP contribution in [0.15, 0.2) is 29.3 Å². The average Bonchev–Trinajstić information content (AvgIpc) is 3.15. The summed E-state index contributed by atoms with van der Waals surface area (Å²) in [5, 5.41) is 12.2. The van der Waals surface area contributed by atoms with E-state index in [1.165, 1.54) is 6.07 Å². The van der Waals surface area contributed by atoms with Crippen LogP contribution in [-0.2, 0) is 30.6 Å². The zero-order valence-electron chi connectivity index (χ0n) is 17.4. The molecule has 33 heavy (non-hydrogen) atoms. The highest BCUT2D eigenvalue weighted by Crippen LogP contribution is 2.31. The zero-order valence-corrected chi connectivity index (χ0v) is 17.4. The number of H-pyrrole nitrogens is 1. The van der Waals surface area contributed by atoms with E-state index in [0.29, 0.717) is 37.1 Å². The molecule has 0 saturated carbocycles. The molecule has 0 amide bonds. The summed E-state index contributed by atoms with van der Waals surface area (Å²) in [6, 6.07) is 2.39. The summed E-state index contributed by atoms with van der Waals surface area (Å²) in [5.74, 6) is 1.35. The van der Waals surface area contributed by atoms with Crippen molar-refractivity contribution in [2.75, 3.05) is 23.4 Å². The number of hydrogen-bond donors (Lipinski definition) is 2. The predicted molar refractivity (Wildman–Crippen MR) is 108 cm³/mol. The van der Waals surface area contributed by atoms with Gasteiger partial charge < -0.3 is 15.0 Å². The van der Waals surface area contributed by atoms with Gasteiger partial charge in [-0.1, -0.05) is 0 Å². The van der Waals surface area contributed by atoms with Crippen molar-refractivity contribution in [3.8, 4) is 0 Å². The lowest BCUT2D eigenvalue weighted by molar-refractivity contribution is -0.138. The summed E-state index contributed by atoms with van der Waals surface area (Å²) in [4.78, 5) is 22.0. The highest BCUT2D eigenvalue weighted by atomic mass is 19.4. The number of anilines is 2. The number of halogens is 4. The van der Waals surface area contributed by atoms with Crippen LogP contribution in [0.2, 0.25) is 0 Å². The van der Waals surface area contributed by atoms with E-state index in [4.69, 9.17) is 4.74 Å². The lowest BCUT2D eigenvalue weighted by Gasteiger charge is -2.27. The monoisotopic (exact) mass is 468 g/mol. The smallest absolute Gasteiger partial charge is 0.378 e. The van der Waals surface area contributed by atoms with Gasteiger partial charge in [0.1, 0.15) is 29.6 Å². The Hall–Kier alpha value is -3.55. The molecule has 3 aromatic rings. The Bertz CT molecular complexity index is 1160. The standard InChI is InChI=1S/C19H20F4N8O2/c1-11(26-13-7-25-28-18(32)17(13)19(21,22)23)9-33-10-14-27-16-8-30(4-5-31(16)29-14)15-3-2-12(20)6-24-15/h2-3,6-7,11H,4-5,8-10H2,1H3,(H2,26,28,32)/t11-/m0/s1. The fraction of sp³-hybridized carbons (Fsp3) is 0.421. The fourth-order valence-electron chi connectivity index (χ4n) is 3.42. The first-order valence-electron chi connectivity index (χ1n) is 9.99. The second-order valence-corrected chi connectivity index (χ2v) is 7.47. The van der Waals surface area contributed by atoms with Crippen LogP contribution in [0.4, 0.5) is 29.1 Å². The molecule has 4 rings (SSSR count). The molecule has 0 fully saturated rings. The lowest BCUT2D eigenvalue weighted by Crippen LogP contribution is -2.34. The van der Waals surface area contributed by atoms with Crippen LogP contribution in [0.3, 0.4) is 0 Å². The summed E-state index contributed by atoms with van der Waals surface area (Å²) in [5.41, 5.74) is -3.08. The van der Waals surface area contributed by atoms with Crippen molar-refractivity contribution in [1.29, 1.82) is 0 Å². The molecule has 0 saturated heterocycles. The number of rotatable bonds is 7. The van der Waals surface area contributed by atoms with Crippen LogP contribution in [0.5, 0.6) is 0 Å². The van der Waals surface area contributed by atoms with Gasteiger partial charge >= 0.3 is 6.18 Å². The molecule has 0 aliphatic carbocycles. The maximum absolute atomic E-state index is 13.1. The Morgan fingerprint density at radius 2 is 2.09 bits per heavy atom. The first kappa shape index (κ1) is 22.6. The number of nitrogens with one attached hydrogen (secondary N) is 2. The maximum Gasteiger partial charge on any atom is 0.423 e. The Morgan fingerprint density at radius 3 is 2.82 bits per heavy atom. The SMILES string of the molecule is C[C@@H](COCc1nc2n(n1)CCN(c1ccc(F)cn1)C2)Nc1cn[nH]c(=O)c1C(F)(F)F. The number of hydrogen-bond acceptors (Lipinski definition) is 8. The number of ether oxygens (including phenoxy) is 1. The molecule has 14 heteroatoms. The van der Waals surface area contributed by atoms with Crippen LogP contribution in [-0.4, -0.2) is 49.1 Å². The van der Waals surface area contributed by atoms with Gasteiger partial charge in [-0.3, -0.25) is 4.79 Å². The molecule has 10 nitrogen and oxygen atoms in total. The van der Waals surface area contributed by atoms with Gasteiger partial charge in [0, 0.05) is 12.6 Å². The van der Waals surface area contributed by atoms with E-state index in [2.05, 4.69) is 25.5 Å². The Labute approximate surface area is 184 Å². The molecular formula is C19H20F4N8O2. The van der Waals surface area contributed by atoms with Gasteiger partial charge in [-0.15, -0.1) is 0 Å². The highest BCUT2D eigenvalue weighted by molar-refractivity contribution is 5.50. The molecule has 1 aliphatic heterocycles. The van der Waals surface area contributed by atoms with E-state index in [1.807, 2.05) is 4.90 Å². The summed E-state index contributed by atoms with van der Waals surface area (Å²) < 4.78 is 59.8. The average molecular weight is 468 g/mol. The first-order valence-corrected chi connectivity index (χ1v) is 9.99. The summed E-state index contributed by atoms with van der Waals surface area (Å²) in [7, 11) is 0. The van der Waals surface area contributed by atoms with Crippen LogP contribution in [0.25, 0.3) is 0 Å². The van der Waals surface area contributed by atoms with E-state index in [1.54, 1.807) is 22.8 Å². The van der Waals surface area contributed by atoms with Crippen molar-refractivity contribution in [2.45, 2.75) is 38.8 Å². The third-order valence-corrected chi connectivity index (χ3v) is 4.88. The number of aromatic nitrogens is 6. The number of aromatic amines is 1. The minimum absolute atomic E-state index is 0.0413. The molecule has 0 radical (unpaired) electrons. The zero-order chi connectivity index (χ0) is 23.6. The van der Waals surface area contributed by atoms with E-state index >= 15 is 0 Å². The van der Waals surface area contributed by atoms with Gasteiger partial charge in [0.2, 0.25) is 0 Å². The van der Waals surface area contributed by atoms with Crippen molar-refractivity contribution in [3.63, 3.8) is 0 Å². The minimum atomic E-state index is -4.82. The molecule has 0 bridgehead atoms. The molecule has 3 aromatic heterocycles. The van der Waals surface area contributed by atoms with Gasteiger partial charge in [-0.2, -0.15) is 23.4 Å². The third kappa shape index (κ3) is 5.27. The first-order chi connectivity index (χ1) is 15.7. The number of alkyl halides is 3. The third-order valence-electron chi connectivity index (χ3n) is 4.88. The molecule has 1 aliphatic rings. The van der Waals surface area contributed by atoms with Gasteiger partial charge in [0.25, 0.3) is 5.56 Å². The number of pyridine rings is 1. The van der Waals surface area contributed by atoms with Gasteiger partial charge in [-0.05, 0) is 19.1 Å². The molecule has 2 N–H and O–H groups in total. The molecule has 4 heterocycles. The second kappa shape index (κ2) is 9.13. The normalized spacial score (nSPS) is 14.8. The topological polar surface area (TPSA) is 114 Å². The second-order valence-electron chi connectivity index (χ2n) is 7.47.